The van der Waals surface area contributed by atoms with Crippen LogP contribution in [0.1, 0.15) is 44.2 Å². The van der Waals surface area contributed by atoms with E-state index >= 15 is 0 Å². The fourth-order valence-electron chi connectivity index (χ4n) is 2.00. The smallest absolute Gasteiger partial charge is 0.132 e. The minimum Gasteiger partial charge on any atom is -0.487 e. The largest absolute Gasteiger partial charge is 0.487 e. The Labute approximate surface area is 117 Å². The molecule has 0 aliphatic heterocycles. The third-order valence-electron chi connectivity index (χ3n) is 3.11. The second-order valence-corrected chi connectivity index (χ2v) is 5.03. The molecular weight excluding hydrogens is 259 g/mol. The van der Waals surface area contributed by atoms with Crippen molar-refractivity contribution in [3.8, 4) is 5.75 Å². The highest BCUT2D eigenvalue weighted by Crippen LogP contribution is 2.22. The number of ether oxygens (including phenoxy) is 1. The van der Waals surface area contributed by atoms with Crippen LogP contribution in [0, 0.1) is 5.82 Å². The zero-order chi connectivity index (χ0) is 14.7. The van der Waals surface area contributed by atoms with Crippen LogP contribution in [0.3, 0.4) is 0 Å². The molecule has 2 rings (SSSR count). The van der Waals surface area contributed by atoms with Gasteiger partial charge in [0.25, 0.3) is 0 Å². The number of hydrogen-bond acceptors (Lipinski definition) is 3. The van der Waals surface area contributed by atoms with Gasteiger partial charge in [0.05, 0.1) is 24.3 Å². The average Bonchev–Trinajstić information content (AvgIpc) is 2.84. The predicted molar refractivity (Wildman–Crippen MR) is 74.0 cm³/mol. The number of rotatable bonds is 5. The van der Waals surface area contributed by atoms with Gasteiger partial charge in [0.15, 0.2) is 0 Å². The highest BCUT2D eigenvalue weighted by atomic mass is 19.1. The normalized spacial score (nSPS) is 12.7. The maximum Gasteiger partial charge on any atom is 0.132 e. The summed E-state index contributed by atoms with van der Waals surface area (Å²) in [6.07, 6.45) is 2.66. The van der Waals surface area contributed by atoms with Crippen LogP contribution in [0.4, 0.5) is 4.39 Å². The van der Waals surface area contributed by atoms with E-state index in [1.807, 2.05) is 4.57 Å². The van der Waals surface area contributed by atoms with Crippen molar-refractivity contribution in [3.05, 3.63) is 47.8 Å². The molecule has 4 nitrogen and oxygen atoms in total. The first-order chi connectivity index (χ1) is 9.49. The van der Waals surface area contributed by atoms with Crippen LogP contribution in [0.15, 0.2) is 30.7 Å². The Bertz CT molecular complexity index is 579. The first-order valence-electron chi connectivity index (χ1n) is 6.60. The van der Waals surface area contributed by atoms with Gasteiger partial charge in [0, 0.05) is 17.7 Å². The molecule has 0 bridgehead atoms. The van der Waals surface area contributed by atoms with Gasteiger partial charge in [-0.15, -0.1) is 0 Å². The SMILES string of the molecule is CC(O)c1ccc(OCc2cncn2C(C)C)cc1F. The third-order valence-corrected chi connectivity index (χ3v) is 3.11. The van der Waals surface area contributed by atoms with Crippen molar-refractivity contribution in [1.29, 1.82) is 0 Å². The van der Waals surface area contributed by atoms with Gasteiger partial charge in [-0.3, -0.25) is 0 Å². The molecule has 0 radical (unpaired) electrons. The number of aliphatic hydroxyl groups is 1. The summed E-state index contributed by atoms with van der Waals surface area (Å²) in [5.74, 6) is -0.0294. The summed E-state index contributed by atoms with van der Waals surface area (Å²) in [5.41, 5.74) is 1.20. The number of nitrogens with zero attached hydrogens (tertiary/aromatic N) is 2. The Morgan fingerprint density at radius 2 is 2.10 bits per heavy atom. The van der Waals surface area contributed by atoms with Gasteiger partial charge in [-0.25, -0.2) is 9.37 Å². The fourth-order valence-corrected chi connectivity index (χ4v) is 2.00. The van der Waals surface area contributed by atoms with Gasteiger partial charge in [0.2, 0.25) is 0 Å². The Hall–Kier alpha value is -1.88. The van der Waals surface area contributed by atoms with Crippen molar-refractivity contribution in [1.82, 2.24) is 9.55 Å². The lowest BCUT2D eigenvalue weighted by Gasteiger charge is -2.13. The molecule has 1 aromatic carbocycles. The van der Waals surface area contributed by atoms with Crippen LogP contribution in [0.25, 0.3) is 0 Å². The maximum atomic E-state index is 13.7. The summed E-state index contributed by atoms with van der Waals surface area (Å²) in [5, 5.41) is 9.38. The molecule has 0 spiro atoms. The Balaban J connectivity index is 2.08. The number of halogens is 1. The highest BCUT2D eigenvalue weighted by Gasteiger charge is 2.10. The molecule has 1 aromatic heterocycles. The first-order valence-corrected chi connectivity index (χ1v) is 6.60. The molecular formula is C15H19FN2O2. The van der Waals surface area contributed by atoms with Crippen molar-refractivity contribution in [3.63, 3.8) is 0 Å². The molecule has 0 amide bonds. The van der Waals surface area contributed by atoms with Crippen LogP contribution in [-0.2, 0) is 6.61 Å². The number of benzene rings is 1. The zero-order valence-electron chi connectivity index (χ0n) is 11.9. The Morgan fingerprint density at radius 3 is 2.70 bits per heavy atom. The predicted octanol–water partition coefficient (Wildman–Crippen LogP) is 3.24. The van der Waals surface area contributed by atoms with E-state index in [1.54, 1.807) is 18.6 Å². The molecule has 1 heterocycles. The van der Waals surface area contributed by atoms with Crippen LogP contribution < -0.4 is 4.74 Å². The van der Waals surface area contributed by atoms with Gasteiger partial charge in [-0.05, 0) is 32.9 Å². The molecule has 0 fully saturated rings. The van der Waals surface area contributed by atoms with Crippen molar-refractivity contribution in [2.75, 3.05) is 0 Å². The lowest BCUT2D eigenvalue weighted by molar-refractivity contribution is 0.193. The van der Waals surface area contributed by atoms with Gasteiger partial charge in [0.1, 0.15) is 18.2 Å². The van der Waals surface area contributed by atoms with E-state index in [-0.39, 0.29) is 5.56 Å². The van der Waals surface area contributed by atoms with Crippen LogP contribution >= 0.6 is 0 Å². The summed E-state index contributed by atoms with van der Waals surface area (Å²) in [4.78, 5) is 4.09. The van der Waals surface area contributed by atoms with Crippen molar-refractivity contribution >= 4 is 0 Å². The van der Waals surface area contributed by atoms with Crippen LogP contribution in [0.2, 0.25) is 0 Å². The third kappa shape index (κ3) is 3.17. The summed E-state index contributed by atoms with van der Waals surface area (Å²) >= 11 is 0. The molecule has 5 heteroatoms. The molecule has 1 unspecified atom stereocenters. The molecule has 108 valence electrons. The molecule has 2 aromatic rings. The molecule has 1 atom stereocenters. The van der Waals surface area contributed by atoms with E-state index in [2.05, 4.69) is 18.8 Å². The first kappa shape index (κ1) is 14.5. The number of imidazole rings is 1. The molecule has 20 heavy (non-hydrogen) atoms. The van der Waals surface area contributed by atoms with Crippen molar-refractivity contribution < 1.29 is 14.2 Å². The van der Waals surface area contributed by atoms with E-state index in [4.69, 9.17) is 4.74 Å². The second-order valence-electron chi connectivity index (χ2n) is 5.03. The zero-order valence-corrected chi connectivity index (χ0v) is 11.9. The minimum absolute atomic E-state index is 0.268. The summed E-state index contributed by atoms with van der Waals surface area (Å²) in [6.45, 7) is 5.97. The summed E-state index contributed by atoms with van der Waals surface area (Å²) < 4.78 is 21.3. The molecule has 0 aliphatic rings. The van der Waals surface area contributed by atoms with E-state index in [0.29, 0.717) is 18.4 Å². The van der Waals surface area contributed by atoms with E-state index in [9.17, 15) is 9.50 Å². The number of aromatic nitrogens is 2. The van der Waals surface area contributed by atoms with Crippen LogP contribution in [0.5, 0.6) is 5.75 Å². The minimum atomic E-state index is -0.827. The lowest BCUT2D eigenvalue weighted by Crippen LogP contribution is -2.07. The summed E-state index contributed by atoms with van der Waals surface area (Å²) in [7, 11) is 0. The Kier molecular flexibility index (Phi) is 4.39. The Morgan fingerprint density at radius 1 is 1.35 bits per heavy atom. The molecule has 0 saturated heterocycles. The van der Waals surface area contributed by atoms with E-state index in [0.717, 1.165) is 5.69 Å². The summed E-state index contributed by atoms with van der Waals surface area (Å²) in [6, 6.07) is 4.78. The molecule has 0 aliphatic carbocycles. The lowest BCUT2D eigenvalue weighted by atomic mass is 10.1. The highest BCUT2D eigenvalue weighted by molar-refractivity contribution is 5.30. The molecule has 0 saturated carbocycles. The van der Waals surface area contributed by atoms with E-state index < -0.39 is 11.9 Å². The van der Waals surface area contributed by atoms with Gasteiger partial charge in [-0.2, -0.15) is 0 Å². The van der Waals surface area contributed by atoms with E-state index in [1.165, 1.54) is 19.1 Å². The van der Waals surface area contributed by atoms with Gasteiger partial charge >= 0.3 is 0 Å². The van der Waals surface area contributed by atoms with Crippen molar-refractivity contribution in [2.24, 2.45) is 0 Å². The number of hydrogen-bond donors (Lipinski definition) is 1. The quantitative estimate of drug-likeness (QED) is 0.913. The van der Waals surface area contributed by atoms with Crippen molar-refractivity contribution in [2.45, 2.75) is 39.5 Å². The average molecular weight is 278 g/mol. The second kappa shape index (κ2) is 6.05. The fraction of sp³-hybridized carbons (Fsp3) is 0.400. The van der Waals surface area contributed by atoms with Gasteiger partial charge < -0.3 is 14.4 Å². The molecule has 1 N–H and O–H groups in total. The number of aliphatic hydroxyl groups excluding tert-OH is 1. The monoisotopic (exact) mass is 278 g/mol. The van der Waals surface area contributed by atoms with Gasteiger partial charge in [-0.1, -0.05) is 0 Å². The topological polar surface area (TPSA) is 47.3 Å². The standard InChI is InChI=1S/C15H19FN2O2/c1-10(2)18-9-17-7-12(18)8-20-13-4-5-14(11(3)19)15(16)6-13/h4-7,9-11,19H,8H2,1-3H3. The maximum absolute atomic E-state index is 13.7. The van der Waals surface area contributed by atoms with Crippen LogP contribution in [-0.4, -0.2) is 14.7 Å².